The first kappa shape index (κ1) is 8.61. The van der Waals surface area contributed by atoms with Crippen molar-refractivity contribution in [3.63, 3.8) is 0 Å². The molecule has 0 aromatic carbocycles. The first-order valence-corrected chi connectivity index (χ1v) is 2.46. The third-order valence-electron chi connectivity index (χ3n) is 0.888. The van der Waals surface area contributed by atoms with Gasteiger partial charge in [0.05, 0.1) is 0 Å². The standard InChI is InChI=1S/C5H6O5/c1-3(4(7)8)5(9)10-2-6/h2-3H,1H3,(H,7,8). The number of esters is 1. The largest absolute Gasteiger partial charge is 0.481 e. The van der Waals surface area contributed by atoms with E-state index in [9.17, 15) is 14.4 Å². The zero-order valence-electron chi connectivity index (χ0n) is 5.23. The molecule has 0 bridgehead atoms. The van der Waals surface area contributed by atoms with E-state index in [1.807, 2.05) is 0 Å². The molecule has 0 fully saturated rings. The van der Waals surface area contributed by atoms with E-state index in [-0.39, 0.29) is 6.47 Å². The summed E-state index contributed by atoms with van der Waals surface area (Å²) in [4.78, 5) is 29.9. The van der Waals surface area contributed by atoms with Gasteiger partial charge in [-0.25, -0.2) is 0 Å². The molecule has 5 heteroatoms. The molecule has 0 aromatic heterocycles. The van der Waals surface area contributed by atoms with E-state index >= 15 is 0 Å². The fourth-order valence-electron chi connectivity index (χ4n) is 0.250. The van der Waals surface area contributed by atoms with Crippen molar-refractivity contribution in [3.8, 4) is 0 Å². The van der Waals surface area contributed by atoms with Crippen LogP contribution in [0.25, 0.3) is 0 Å². The number of rotatable bonds is 3. The number of carbonyl (C=O) groups is 3. The highest BCUT2D eigenvalue weighted by Crippen LogP contribution is 1.96. The van der Waals surface area contributed by atoms with E-state index in [1.54, 1.807) is 0 Å². The van der Waals surface area contributed by atoms with Gasteiger partial charge >= 0.3 is 18.4 Å². The van der Waals surface area contributed by atoms with Crippen LogP contribution in [0, 0.1) is 5.92 Å². The first-order valence-electron chi connectivity index (χ1n) is 2.46. The highest BCUT2D eigenvalue weighted by Gasteiger charge is 2.21. The summed E-state index contributed by atoms with van der Waals surface area (Å²) in [7, 11) is 0. The average Bonchev–Trinajstić information content (AvgIpc) is 1.87. The molecule has 0 rings (SSSR count). The molecule has 0 radical (unpaired) electrons. The van der Waals surface area contributed by atoms with Crippen LogP contribution >= 0.6 is 0 Å². The maximum atomic E-state index is 10.4. The van der Waals surface area contributed by atoms with Crippen LogP contribution in [0.2, 0.25) is 0 Å². The molecule has 0 saturated heterocycles. The van der Waals surface area contributed by atoms with Gasteiger partial charge in [-0.1, -0.05) is 0 Å². The zero-order valence-corrected chi connectivity index (χ0v) is 5.23. The molecule has 1 atom stereocenters. The zero-order chi connectivity index (χ0) is 8.15. The molecule has 1 N–H and O–H groups in total. The normalized spacial score (nSPS) is 11.7. The van der Waals surface area contributed by atoms with Crippen LogP contribution in [0.1, 0.15) is 6.92 Å². The second kappa shape index (κ2) is 3.60. The number of hydrogen-bond donors (Lipinski definition) is 1. The lowest BCUT2D eigenvalue weighted by Gasteiger charge is -1.99. The Hall–Kier alpha value is -1.39. The lowest BCUT2D eigenvalue weighted by atomic mass is 10.2. The maximum Gasteiger partial charge on any atom is 0.327 e. The van der Waals surface area contributed by atoms with Crippen LogP contribution < -0.4 is 0 Å². The van der Waals surface area contributed by atoms with Gasteiger partial charge in [0, 0.05) is 0 Å². The third-order valence-corrected chi connectivity index (χ3v) is 0.888. The highest BCUT2D eigenvalue weighted by molar-refractivity contribution is 5.95. The second-order valence-corrected chi connectivity index (χ2v) is 1.59. The Bertz CT molecular complexity index is 161. The van der Waals surface area contributed by atoms with Gasteiger partial charge in [0.2, 0.25) is 0 Å². The molecular weight excluding hydrogens is 140 g/mol. The summed E-state index contributed by atoms with van der Waals surface area (Å²) in [5.41, 5.74) is 0. The van der Waals surface area contributed by atoms with Crippen molar-refractivity contribution in [1.82, 2.24) is 0 Å². The van der Waals surface area contributed by atoms with Gasteiger partial charge in [-0.05, 0) is 6.92 Å². The van der Waals surface area contributed by atoms with E-state index in [1.165, 1.54) is 0 Å². The number of ether oxygens (including phenoxy) is 1. The van der Waals surface area contributed by atoms with Crippen LogP contribution in [0.15, 0.2) is 0 Å². The maximum absolute atomic E-state index is 10.4. The molecule has 1 unspecified atom stereocenters. The highest BCUT2D eigenvalue weighted by atomic mass is 16.6. The van der Waals surface area contributed by atoms with E-state index in [0.29, 0.717) is 0 Å². The van der Waals surface area contributed by atoms with Crippen LogP contribution in [0.4, 0.5) is 0 Å². The molecule has 5 nitrogen and oxygen atoms in total. The summed E-state index contributed by atoms with van der Waals surface area (Å²) < 4.78 is 3.76. The monoisotopic (exact) mass is 146 g/mol. The van der Waals surface area contributed by atoms with Crippen molar-refractivity contribution in [2.75, 3.05) is 0 Å². The lowest BCUT2D eigenvalue weighted by Crippen LogP contribution is -2.22. The van der Waals surface area contributed by atoms with Crippen molar-refractivity contribution in [2.45, 2.75) is 6.92 Å². The lowest BCUT2D eigenvalue weighted by molar-refractivity contribution is -0.160. The molecule has 10 heavy (non-hydrogen) atoms. The van der Waals surface area contributed by atoms with Gasteiger partial charge in [-0.2, -0.15) is 0 Å². The minimum atomic E-state index is -1.31. The topological polar surface area (TPSA) is 80.7 Å². The minimum Gasteiger partial charge on any atom is -0.481 e. The summed E-state index contributed by atoms with van der Waals surface area (Å²) in [6.07, 6.45) is 0. The molecule has 0 aromatic rings. The predicted molar refractivity (Wildman–Crippen MR) is 29.0 cm³/mol. The SMILES string of the molecule is CC(C(=O)O)C(=O)OC=O. The van der Waals surface area contributed by atoms with Crippen LogP contribution in [0.3, 0.4) is 0 Å². The fraction of sp³-hybridized carbons (Fsp3) is 0.400. The Morgan fingerprint density at radius 3 is 2.40 bits per heavy atom. The molecule has 0 aliphatic rings. The Kier molecular flexibility index (Phi) is 3.10. The fourth-order valence-corrected chi connectivity index (χ4v) is 0.250. The van der Waals surface area contributed by atoms with Crippen LogP contribution in [-0.2, 0) is 19.1 Å². The number of carbonyl (C=O) groups excluding carboxylic acids is 2. The minimum absolute atomic E-state index is 0.0955. The molecule has 56 valence electrons. The Balaban J connectivity index is 3.94. The van der Waals surface area contributed by atoms with Gasteiger partial charge in [-0.3, -0.25) is 14.4 Å². The Morgan fingerprint density at radius 2 is 2.10 bits per heavy atom. The predicted octanol–water partition coefficient (Wildman–Crippen LogP) is -0.593. The van der Waals surface area contributed by atoms with Crippen LogP contribution in [-0.4, -0.2) is 23.5 Å². The quantitative estimate of drug-likeness (QED) is 0.327. The second-order valence-electron chi connectivity index (χ2n) is 1.59. The van der Waals surface area contributed by atoms with Crippen LogP contribution in [0.5, 0.6) is 0 Å². The summed E-state index contributed by atoms with van der Waals surface area (Å²) in [5, 5.41) is 8.16. The van der Waals surface area contributed by atoms with Gasteiger partial charge in [0.25, 0.3) is 0 Å². The van der Waals surface area contributed by atoms with Crippen molar-refractivity contribution >= 4 is 18.4 Å². The molecule has 0 spiro atoms. The van der Waals surface area contributed by atoms with Crippen molar-refractivity contribution in [1.29, 1.82) is 0 Å². The molecular formula is C5H6O5. The first-order chi connectivity index (χ1) is 4.59. The summed E-state index contributed by atoms with van der Waals surface area (Å²) >= 11 is 0. The average molecular weight is 146 g/mol. The smallest absolute Gasteiger partial charge is 0.327 e. The Labute approximate surface area is 56.6 Å². The van der Waals surface area contributed by atoms with Gasteiger partial charge < -0.3 is 9.84 Å². The van der Waals surface area contributed by atoms with Gasteiger partial charge in [-0.15, -0.1) is 0 Å². The number of carboxylic acid groups (broad SMARTS) is 1. The molecule has 0 aliphatic heterocycles. The van der Waals surface area contributed by atoms with Gasteiger partial charge in [0.15, 0.2) is 5.92 Å². The van der Waals surface area contributed by atoms with E-state index in [2.05, 4.69) is 4.74 Å². The van der Waals surface area contributed by atoms with E-state index in [0.717, 1.165) is 6.92 Å². The molecule has 0 aliphatic carbocycles. The third kappa shape index (κ3) is 2.25. The summed E-state index contributed by atoms with van der Waals surface area (Å²) in [5.74, 6) is -3.65. The molecule has 0 amide bonds. The Morgan fingerprint density at radius 1 is 1.60 bits per heavy atom. The van der Waals surface area contributed by atoms with Crippen molar-refractivity contribution in [3.05, 3.63) is 0 Å². The van der Waals surface area contributed by atoms with E-state index < -0.39 is 17.9 Å². The number of aliphatic carboxylic acids is 1. The number of carboxylic acids is 1. The van der Waals surface area contributed by atoms with E-state index in [4.69, 9.17) is 5.11 Å². The van der Waals surface area contributed by atoms with Gasteiger partial charge in [0.1, 0.15) is 0 Å². The van der Waals surface area contributed by atoms with Crippen molar-refractivity contribution < 1.29 is 24.2 Å². The summed E-state index contributed by atoms with van der Waals surface area (Å²) in [6.45, 7) is 1.04. The molecule has 0 saturated carbocycles. The van der Waals surface area contributed by atoms with Crippen molar-refractivity contribution in [2.24, 2.45) is 5.92 Å². The number of hydrogen-bond acceptors (Lipinski definition) is 4. The molecule has 0 heterocycles. The summed E-state index contributed by atoms with van der Waals surface area (Å²) in [6, 6.07) is 0.